The Kier molecular flexibility index (Phi) is 7.64. The zero-order chi connectivity index (χ0) is 23.9. The molecule has 8 nitrogen and oxygen atoms in total. The first-order valence-electron chi connectivity index (χ1n) is 10.6. The third kappa shape index (κ3) is 5.66. The molecule has 0 aliphatic carbocycles. The summed E-state index contributed by atoms with van der Waals surface area (Å²) in [5.74, 6) is 1.83. The molecule has 0 atom stereocenters. The largest absolute Gasteiger partial charge is 0.403 e. The van der Waals surface area contributed by atoms with Crippen molar-refractivity contribution in [2.24, 2.45) is 0 Å². The van der Waals surface area contributed by atoms with Gasteiger partial charge in [-0.15, -0.1) is 5.10 Å². The number of rotatable bonds is 7. The van der Waals surface area contributed by atoms with Gasteiger partial charge in [0.15, 0.2) is 11.6 Å². The number of benzene rings is 2. The van der Waals surface area contributed by atoms with Crippen molar-refractivity contribution in [3.05, 3.63) is 53.3 Å². The average Bonchev–Trinajstić information content (AvgIpc) is 3.31. The van der Waals surface area contributed by atoms with Crippen LogP contribution in [0.15, 0.2) is 34.7 Å². The van der Waals surface area contributed by atoms with E-state index in [4.69, 9.17) is 14.3 Å². The quantitative estimate of drug-likeness (QED) is 0.451. The maximum Gasteiger partial charge on any atom is 0.315 e. The van der Waals surface area contributed by atoms with Crippen LogP contribution >= 0.6 is 0 Å². The van der Waals surface area contributed by atoms with Crippen molar-refractivity contribution < 1.29 is 27.4 Å². The lowest BCUT2D eigenvalue weighted by atomic mass is 10.1. The van der Waals surface area contributed by atoms with E-state index in [-0.39, 0.29) is 35.5 Å². The number of aromatic nitrogens is 2. The molecule has 2 aromatic carbocycles. The summed E-state index contributed by atoms with van der Waals surface area (Å²) in [7, 11) is 0. The second-order valence-corrected chi connectivity index (χ2v) is 7.36. The number of morpholine rings is 1. The number of halogens is 3. The summed E-state index contributed by atoms with van der Waals surface area (Å²) in [6.07, 6.45) is 0. The fourth-order valence-electron chi connectivity index (χ4n) is 3.37. The number of nitrogens with zero attached hydrogens (tertiary/aromatic N) is 3. The lowest BCUT2D eigenvalue weighted by molar-refractivity contribution is 0.0398. The summed E-state index contributed by atoms with van der Waals surface area (Å²) in [4.78, 5) is 2.22. The summed E-state index contributed by atoms with van der Waals surface area (Å²) in [6.45, 7) is 3.98. The Hall–Kier alpha value is -3.59. The molecular formula is C23H22F3N5O3. The van der Waals surface area contributed by atoms with Crippen molar-refractivity contribution in [2.45, 2.75) is 0 Å². The summed E-state index contributed by atoms with van der Waals surface area (Å²) in [5.41, 5.74) is -0.0711. The molecule has 2 heterocycles. The summed E-state index contributed by atoms with van der Waals surface area (Å²) in [5, 5.41) is 22.2. The minimum atomic E-state index is -1.22. The van der Waals surface area contributed by atoms with Crippen LogP contribution in [-0.4, -0.2) is 66.2 Å². The Morgan fingerprint density at radius 1 is 1.06 bits per heavy atom. The van der Waals surface area contributed by atoms with Gasteiger partial charge in [0, 0.05) is 31.7 Å². The van der Waals surface area contributed by atoms with Crippen LogP contribution in [0.1, 0.15) is 5.56 Å². The molecule has 0 amide bonds. The van der Waals surface area contributed by atoms with E-state index in [1.165, 1.54) is 18.2 Å². The van der Waals surface area contributed by atoms with Gasteiger partial charge in [-0.2, -0.15) is 0 Å². The van der Waals surface area contributed by atoms with Crippen LogP contribution in [0.2, 0.25) is 0 Å². The maximum atomic E-state index is 14.7. The van der Waals surface area contributed by atoms with E-state index in [2.05, 4.69) is 37.6 Å². The molecule has 3 N–H and O–H groups in total. The van der Waals surface area contributed by atoms with Gasteiger partial charge in [0.1, 0.15) is 12.4 Å². The van der Waals surface area contributed by atoms with Gasteiger partial charge in [-0.1, -0.05) is 16.9 Å². The van der Waals surface area contributed by atoms with Crippen LogP contribution in [0.3, 0.4) is 0 Å². The summed E-state index contributed by atoms with van der Waals surface area (Å²) in [6, 6.07) is 6.24. The second-order valence-electron chi connectivity index (χ2n) is 7.36. The highest BCUT2D eigenvalue weighted by molar-refractivity contribution is 5.78. The molecule has 11 heteroatoms. The van der Waals surface area contributed by atoms with Crippen LogP contribution in [0.4, 0.5) is 30.6 Å². The van der Waals surface area contributed by atoms with Crippen LogP contribution in [0.25, 0.3) is 11.5 Å². The smallest absolute Gasteiger partial charge is 0.315 e. The van der Waals surface area contributed by atoms with Gasteiger partial charge >= 0.3 is 6.01 Å². The Morgan fingerprint density at radius 2 is 1.88 bits per heavy atom. The second kappa shape index (κ2) is 11.0. The summed E-state index contributed by atoms with van der Waals surface area (Å²) >= 11 is 0. The van der Waals surface area contributed by atoms with Gasteiger partial charge < -0.3 is 24.9 Å². The molecule has 34 heavy (non-hydrogen) atoms. The molecule has 178 valence electrons. The van der Waals surface area contributed by atoms with Gasteiger partial charge in [0.2, 0.25) is 0 Å². The highest BCUT2D eigenvalue weighted by Crippen LogP contribution is 2.34. The van der Waals surface area contributed by atoms with E-state index in [9.17, 15) is 13.2 Å². The zero-order valence-corrected chi connectivity index (χ0v) is 18.1. The van der Waals surface area contributed by atoms with Gasteiger partial charge in [0.25, 0.3) is 5.89 Å². The zero-order valence-electron chi connectivity index (χ0n) is 18.1. The molecule has 1 aliphatic rings. The number of ether oxygens (including phenoxy) is 1. The molecule has 0 bridgehead atoms. The average molecular weight is 473 g/mol. The third-order valence-corrected chi connectivity index (χ3v) is 5.10. The first-order valence-corrected chi connectivity index (χ1v) is 10.6. The van der Waals surface area contributed by atoms with Crippen LogP contribution in [0.5, 0.6) is 0 Å². The van der Waals surface area contributed by atoms with E-state index in [1.807, 2.05) is 0 Å². The molecule has 4 rings (SSSR count). The van der Waals surface area contributed by atoms with Crippen molar-refractivity contribution in [3.63, 3.8) is 0 Å². The number of aliphatic hydroxyl groups is 1. The number of hydrogen-bond acceptors (Lipinski definition) is 8. The van der Waals surface area contributed by atoms with Crippen molar-refractivity contribution >= 4 is 17.4 Å². The standard InChI is InChI=1S/C23H22F3N5O3/c24-17-5-4-16(22-29-30-23(34-22)27-7-8-31-9-12-33-13-10-31)21(20(17)26)28-19-6-3-15(2-1-11-32)14-18(19)25/h3-6,14,28,32H,7-13H2,(H,27,30). The highest BCUT2D eigenvalue weighted by Gasteiger charge is 2.21. The molecule has 3 aromatic rings. The summed E-state index contributed by atoms with van der Waals surface area (Å²) < 4.78 is 54.1. The van der Waals surface area contributed by atoms with E-state index >= 15 is 0 Å². The van der Waals surface area contributed by atoms with E-state index in [0.29, 0.717) is 25.3 Å². The van der Waals surface area contributed by atoms with Gasteiger partial charge in [-0.05, 0) is 30.3 Å². The molecule has 0 unspecified atom stereocenters. The van der Waals surface area contributed by atoms with E-state index < -0.39 is 17.5 Å². The predicted octanol–water partition coefficient (Wildman–Crippen LogP) is 2.99. The highest BCUT2D eigenvalue weighted by atomic mass is 19.2. The molecule has 0 saturated carbocycles. The van der Waals surface area contributed by atoms with Gasteiger partial charge in [-0.3, -0.25) is 4.90 Å². The van der Waals surface area contributed by atoms with Crippen molar-refractivity contribution in [1.82, 2.24) is 15.1 Å². The Balaban J connectivity index is 1.52. The van der Waals surface area contributed by atoms with E-state index in [1.54, 1.807) is 0 Å². The molecule has 1 fully saturated rings. The topological polar surface area (TPSA) is 95.7 Å². The Labute approximate surface area is 193 Å². The minimum absolute atomic E-state index is 0.0659. The minimum Gasteiger partial charge on any atom is -0.403 e. The van der Waals surface area contributed by atoms with Crippen molar-refractivity contribution in [2.75, 3.05) is 56.6 Å². The number of nitrogens with one attached hydrogen (secondary N) is 2. The number of hydrogen-bond donors (Lipinski definition) is 3. The fraction of sp³-hybridized carbons (Fsp3) is 0.304. The monoisotopic (exact) mass is 473 g/mol. The molecule has 0 spiro atoms. The SMILES string of the molecule is OCC#Cc1ccc(Nc2c(-c3nnc(NCCN4CCOCC4)o3)ccc(F)c2F)c(F)c1. The number of anilines is 3. The third-order valence-electron chi connectivity index (χ3n) is 5.10. The molecule has 1 saturated heterocycles. The van der Waals surface area contributed by atoms with Crippen LogP contribution < -0.4 is 10.6 Å². The van der Waals surface area contributed by atoms with Crippen molar-refractivity contribution in [1.29, 1.82) is 0 Å². The first-order chi connectivity index (χ1) is 16.5. The Morgan fingerprint density at radius 3 is 2.65 bits per heavy atom. The lowest BCUT2D eigenvalue weighted by Crippen LogP contribution is -2.39. The Bertz CT molecular complexity index is 1200. The maximum absolute atomic E-state index is 14.7. The van der Waals surface area contributed by atoms with Crippen LogP contribution in [0, 0.1) is 29.3 Å². The molecule has 1 aliphatic heterocycles. The normalized spacial score (nSPS) is 13.9. The van der Waals surface area contributed by atoms with Gasteiger partial charge in [0.05, 0.1) is 30.2 Å². The predicted molar refractivity (Wildman–Crippen MR) is 119 cm³/mol. The molecule has 0 radical (unpaired) electrons. The molecule has 1 aromatic heterocycles. The lowest BCUT2D eigenvalue weighted by Gasteiger charge is -2.26. The van der Waals surface area contributed by atoms with E-state index in [0.717, 1.165) is 31.8 Å². The van der Waals surface area contributed by atoms with Crippen LogP contribution in [-0.2, 0) is 4.74 Å². The number of aliphatic hydroxyl groups excluding tert-OH is 1. The van der Waals surface area contributed by atoms with Gasteiger partial charge in [-0.25, -0.2) is 13.2 Å². The van der Waals surface area contributed by atoms with Crippen molar-refractivity contribution in [3.8, 4) is 23.3 Å². The molecular weight excluding hydrogens is 451 g/mol. The first kappa shape index (κ1) is 23.6. The fourth-order valence-corrected chi connectivity index (χ4v) is 3.37.